The molecule has 4 nitrogen and oxygen atoms in total. The molecule has 0 aromatic carbocycles. The molecule has 2 saturated heterocycles. The summed E-state index contributed by atoms with van der Waals surface area (Å²) in [5.41, 5.74) is 0.976. The molecule has 0 aliphatic carbocycles. The van der Waals surface area contributed by atoms with E-state index in [4.69, 9.17) is 4.74 Å². The number of aromatic nitrogens is 2. The zero-order valence-electron chi connectivity index (χ0n) is 10.4. The molecule has 1 aromatic rings. The summed E-state index contributed by atoms with van der Waals surface area (Å²) in [6.07, 6.45) is 5.14. The first-order valence-electron chi connectivity index (χ1n) is 6.44. The second-order valence-corrected chi connectivity index (χ2v) is 5.24. The molecule has 1 N–H and O–H groups in total. The molecule has 92 valence electrons. The summed E-state index contributed by atoms with van der Waals surface area (Å²) in [5.74, 6) is 1.53. The van der Waals surface area contributed by atoms with Gasteiger partial charge in [-0.25, -0.2) is 4.98 Å². The third-order valence-corrected chi connectivity index (χ3v) is 3.66. The lowest BCUT2D eigenvalue weighted by Crippen LogP contribution is -2.42. The average Bonchev–Trinajstić information content (AvgIpc) is 2.56. The Morgan fingerprint density at radius 1 is 1.18 bits per heavy atom. The van der Waals surface area contributed by atoms with E-state index in [0.717, 1.165) is 30.2 Å². The molecule has 0 amide bonds. The van der Waals surface area contributed by atoms with E-state index in [0.29, 0.717) is 18.2 Å². The van der Waals surface area contributed by atoms with Crippen LogP contribution >= 0.6 is 0 Å². The van der Waals surface area contributed by atoms with Crippen LogP contribution in [0, 0.1) is 13.8 Å². The van der Waals surface area contributed by atoms with Crippen molar-refractivity contribution in [3.05, 3.63) is 17.6 Å². The summed E-state index contributed by atoms with van der Waals surface area (Å²) >= 11 is 0. The maximum Gasteiger partial charge on any atom is 0.217 e. The molecular weight excluding hydrogens is 214 g/mol. The lowest BCUT2D eigenvalue weighted by Gasteiger charge is -2.29. The SMILES string of the molecule is Cc1cc(OC2CC3CCC(C2)N3)nc(C)n1. The van der Waals surface area contributed by atoms with Crippen LogP contribution < -0.4 is 10.1 Å². The fraction of sp³-hybridized carbons (Fsp3) is 0.692. The zero-order valence-corrected chi connectivity index (χ0v) is 10.4. The van der Waals surface area contributed by atoms with Gasteiger partial charge in [0.15, 0.2) is 0 Å². The normalized spacial score (nSPS) is 31.5. The number of ether oxygens (including phenoxy) is 1. The molecule has 2 bridgehead atoms. The van der Waals surface area contributed by atoms with Crippen LogP contribution in [0.1, 0.15) is 37.2 Å². The predicted octanol–water partition coefficient (Wildman–Crippen LogP) is 1.76. The molecule has 0 radical (unpaired) electrons. The second-order valence-electron chi connectivity index (χ2n) is 5.24. The van der Waals surface area contributed by atoms with Crippen molar-refractivity contribution in [3.8, 4) is 5.88 Å². The van der Waals surface area contributed by atoms with Crippen molar-refractivity contribution in [2.75, 3.05) is 0 Å². The van der Waals surface area contributed by atoms with Gasteiger partial charge in [0.25, 0.3) is 0 Å². The first kappa shape index (κ1) is 11.0. The molecule has 2 atom stereocenters. The van der Waals surface area contributed by atoms with Crippen LogP contribution in [0.5, 0.6) is 5.88 Å². The fourth-order valence-corrected chi connectivity index (χ4v) is 3.02. The molecule has 2 aliphatic heterocycles. The largest absolute Gasteiger partial charge is 0.474 e. The number of rotatable bonds is 2. The minimum Gasteiger partial charge on any atom is -0.474 e. The standard InChI is InChI=1S/C13H19N3O/c1-8-5-13(15-9(2)14-8)17-12-6-10-3-4-11(7-12)16-10/h5,10-12,16H,3-4,6-7H2,1-2H3. The summed E-state index contributed by atoms with van der Waals surface area (Å²) in [5, 5.41) is 3.62. The number of nitrogens with one attached hydrogen (secondary N) is 1. The maximum absolute atomic E-state index is 6.01. The molecule has 17 heavy (non-hydrogen) atoms. The Morgan fingerprint density at radius 2 is 1.88 bits per heavy atom. The van der Waals surface area contributed by atoms with Crippen molar-refractivity contribution in [1.82, 2.24) is 15.3 Å². The molecule has 3 heterocycles. The predicted molar refractivity (Wildman–Crippen MR) is 65.1 cm³/mol. The highest BCUT2D eigenvalue weighted by molar-refractivity contribution is 5.15. The highest BCUT2D eigenvalue weighted by atomic mass is 16.5. The Bertz CT molecular complexity index is 389. The van der Waals surface area contributed by atoms with Crippen LogP contribution in [0.15, 0.2) is 6.07 Å². The van der Waals surface area contributed by atoms with E-state index in [2.05, 4.69) is 15.3 Å². The number of hydrogen-bond acceptors (Lipinski definition) is 4. The summed E-state index contributed by atoms with van der Waals surface area (Å²) in [7, 11) is 0. The smallest absolute Gasteiger partial charge is 0.217 e. The summed E-state index contributed by atoms with van der Waals surface area (Å²) in [6, 6.07) is 3.24. The van der Waals surface area contributed by atoms with E-state index in [9.17, 15) is 0 Å². The third-order valence-electron chi connectivity index (χ3n) is 3.66. The van der Waals surface area contributed by atoms with Crippen molar-refractivity contribution in [2.24, 2.45) is 0 Å². The van der Waals surface area contributed by atoms with Gasteiger partial charge in [-0.1, -0.05) is 0 Å². The Labute approximate surface area is 102 Å². The summed E-state index contributed by atoms with van der Waals surface area (Å²) in [6.45, 7) is 3.89. The van der Waals surface area contributed by atoms with E-state index in [-0.39, 0.29) is 0 Å². The number of hydrogen-bond donors (Lipinski definition) is 1. The van der Waals surface area contributed by atoms with Crippen molar-refractivity contribution < 1.29 is 4.74 Å². The van der Waals surface area contributed by atoms with Crippen molar-refractivity contribution in [2.45, 2.75) is 57.7 Å². The van der Waals surface area contributed by atoms with E-state index in [1.165, 1.54) is 12.8 Å². The first-order chi connectivity index (χ1) is 8.19. The zero-order chi connectivity index (χ0) is 11.8. The molecule has 0 saturated carbocycles. The second kappa shape index (κ2) is 4.26. The monoisotopic (exact) mass is 233 g/mol. The van der Waals surface area contributed by atoms with Gasteiger partial charge in [-0.05, 0) is 39.5 Å². The van der Waals surface area contributed by atoms with Gasteiger partial charge >= 0.3 is 0 Å². The molecule has 0 spiro atoms. The van der Waals surface area contributed by atoms with Gasteiger partial charge in [0.2, 0.25) is 5.88 Å². The van der Waals surface area contributed by atoms with Crippen LogP contribution in [0.2, 0.25) is 0 Å². The Hall–Kier alpha value is -1.16. The molecule has 2 unspecified atom stereocenters. The molecule has 4 heteroatoms. The minimum absolute atomic E-state index is 0.322. The lowest BCUT2D eigenvalue weighted by molar-refractivity contribution is 0.131. The van der Waals surface area contributed by atoms with Gasteiger partial charge in [-0.2, -0.15) is 4.98 Å². The molecule has 1 aromatic heterocycles. The average molecular weight is 233 g/mol. The van der Waals surface area contributed by atoms with Gasteiger partial charge < -0.3 is 10.1 Å². The van der Waals surface area contributed by atoms with Crippen LogP contribution in [0.3, 0.4) is 0 Å². The van der Waals surface area contributed by atoms with Crippen LogP contribution in [0.25, 0.3) is 0 Å². The first-order valence-corrected chi connectivity index (χ1v) is 6.44. The van der Waals surface area contributed by atoms with Crippen LogP contribution in [-0.2, 0) is 0 Å². The van der Waals surface area contributed by atoms with E-state index < -0.39 is 0 Å². The Morgan fingerprint density at radius 3 is 2.53 bits per heavy atom. The number of aryl methyl sites for hydroxylation is 2. The molecule has 2 fully saturated rings. The van der Waals surface area contributed by atoms with E-state index in [1.54, 1.807) is 0 Å². The lowest BCUT2D eigenvalue weighted by atomic mass is 10.0. The highest BCUT2D eigenvalue weighted by Gasteiger charge is 2.34. The van der Waals surface area contributed by atoms with Crippen LogP contribution in [-0.4, -0.2) is 28.2 Å². The van der Waals surface area contributed by atoms with Crippen molar-refractivity contribution >= 4 is 0 Å². The van der Waals surface area contributed by atoms with Crippen LogP contribution in [0.4, 0.5) is 0 Å². The van der Waals surface area contributed by atoms with E-state index in [1.807, 2.05) is 19.9 Å². The van der Waals surface area contributed by atoms with Gasteiger partial charge in [0.1, 0.15) is 11.9 Å². The van der Waals surface area contributed by atoms with Gasteiger partial charge in [0, 0.05) is 23.8 Å². The van der Waals surface area contributed by atoms with Gasteiger partial charge in [-0.15, -0.1) is 0 Å². The number of piperidine rings is 1. The van der Waals surface area contributed by atoms with E-state index >= 15 is 0 Å². The summed E-state index contributed by atoms with van der Waals surface area (Å²) in [4.78, 5) is 8.61. The number of fused-ring (bicyclic) bond motifs is 2. The topological polar surface area (TPSA) is 47.0 Å². The Kier molecular flexibility index (Phi) is 2.74. The van der Waals surface area contributed by atoms with Gasteiger partial charge in [0.05, 0.1) is 0 Å². The van der Waals surface area contributed by atoms with Crippen molar-refractivity contribution in [3.63, 3.8) is 0 Å². The molecular formula is C13H19N3O. The molecule has 3 rings (SSSR count). The number of nitrogens with zero attached hydrogens (tertiary/aromatic N) is 2. The summed E-state index contributed by atoms with van der Waals surface area (Å²) < 4.78 is 6.01. The van der Waals surface area contributed by atoms with Crippen molar-refractivity contribution in [1.29, 1.82) is 0 Å². The highest BCUT2D eigenvalue weighted by Crippen LogP contribution is 2.29. The maximum atomic E-state index is 6.01. The molecule has 2 aliphatic rings. The fourth-order valence-electron chi connectivity index (χ4n) is 3.02. The minimum atomic E-state index is 0.322. The third kappa shape index (κ3) is 2.41. The van der Waals surface area contributed by atoms with Gasteiger partial charge in [-0.3, -0.25) is 0 Å². The Balaban J connectivity index is 1.70. The quantitative estimate of drug-likeness (QED) is 0.845.